The highest BCUT2D eigenvalue weighted by Gasteiger charge is 2.15. The van der Waals surface area contributed by atoms with E-state index in [1.54, 1.807) is 0 Å². The van der Waals surface area contributed by atoms with Crippen LogP contribution < -0.4 is 15.5 Å². The van der Waals surface area contributed by atoms with Crippen molar-refractivity contribution in [2.24, 2.45) is 5.92 Å². The average molecular weight is 362 g/mol. The van der Waals surface area contributed by atoms with Crippen molar-refractivity contribution in [1.82, 2.24) is 5.32 Å². The molecule has 1 fully saturated rings. The van der Waals surface area contributed by atoms with E-state index < -0.39 is 0 Å². The lowest BCUT2D eigenvalue weighted by molar-refractivity contribution is -0.120. The fourth-order valence-corrected chi connectivity index (χ4v) is 3.74. The molecule has 0 radical (unpaired) electrons. The molecular weight excluding hydrogens is 330 g/mol. The summed E-state index contributed by atoms with van der Waals surface area (Å²) in [4.78, 5) is 14.3. The van der Waals surface area contributed by atoms with Gasteiger partial charge in [0, 0.05) is 30.9 Å². The van der Waals surface area contributed by atoms with Crippen LogP contribution in [0.25, 0.3) is 0 Å². The normalized spacial score (nSPS) is 14.8. The van der Waals surface area contributed by atoms with Gasteiger partial charge in [-0.25, -0.2) is 0 Å². The fourth-order valence-electron chi connectivity index (χ4n) is 3.51. The molecule has 0 unspecified atom stereocenters. The minimum absolute atomic E-state index is 0.0165. The number of benzene rings is 1. The van der Waals surface area contributed by atoms with Gasteiger partial charge in [-0.1, -0.05) is 32.1 Å². The number of nitrogens with one attached hydrogen (secondary N) is 2. The Labute approximate surface area is 157 Å². The topological polar surface area (TPSA) is 44.4 Å². The first kappa shape index (κ1) is 19.7. The summed E-state index contributed by atoms with van der Waals surface area (Å²) >= 11 is 5.26. The average Bonchev–Trinajstić information content (AvgIpc) is 2.63. The van der Waals surface area contributed by atoms with Gasteiger partial charge in [0.25, 0.3) is 0 Å². The third-order valence-electron chi connectivity index (χ3n) is 5.01. The summed E-state index contributed by atoms with van der Waals surface area (Å²) in [5, 5.41) is 6.27. The molecule has 0 bridgehead atoms. The summed E-state index contributed by atoms with van der Waals surface area (Å²) in [6, 6.07) is 8.13. The lowest BCUT2D eigenvalue weighted by atomic mass is 9.86. The molecule has 0 atom stereocenters. The Balaban J connectivity index is 1.74. The number of hydrogen-bond acceptors (Lipinski definition) is 3. The van der Waals surface area contributed by atoms with Gasteiger partial charge in [0.15, 0.2) is 5.11 Å². The van der Waals surface area contributed by atoms with E-state index in [-0.39, 0.29) is 5.91 Å². The third kappa shape index (κ3) is 6.65. The molecule has 1 aromatic carbocycles. The molecular formula is C20H31N3OS. The van der Waals surface area contributed by atoms with Crippen molar-refractivity contribution in [3.8, 4) is 0 Å². The molecule has 1 amide bonds. The molecule has 0 spiro atoms. The van der Waals surface area contributed by atoms with Gasteiger partial charge in [0.2, 0.25) is 5.91 Å². The lowest BCUT2D eigenvalue weighted by Crippen LogP contribution is -2.34. The van der Waals surface area contributed by atoms with Gasteiger partial charge in [-0.2, -0.15) is 0 Å². The summed E-state index contributed by atoms with van der Waals surface area (Å²) in [7, 11) is 0. The number of anilines is 2. The molecule has 1 aliphatic carbocycles. The van der Waals surface area contributed by atoms with Crippen LogP contribution in [0, 0.1) is 5.92 Å². The quantitative estimate of drug-likeness (QED) is 0.691. The molecule has 25 heavy (non-hydrogen) atoms. The van der Waals surface area contributed by atoms with Crippen LogP contribution in [0.4, 0.5) is 11.4 Å². The first-order valence-electron chi connectivity index (χ1n) is 9.58. The largest absolute Gasteiger partial charge is 0.372 e. The molecule has 0 heterocycles. The number of nitrogens with zero attached hydrogens (tertiary/aromatic N) is 1. The van der Waals surface area contributed by atoms with Crippen LogP contribution in [0.2, 0.25) is 0 Å². The Kier molecular flexibility index (Phi) is 8.19. The van der Waals surface area contributed by atoms with Crippen molar-refractivity contribution in [1.29, 1.82) is 0 Å². The van der Waals surface area contributed by atoms with Crippen molar-refractivity contribution >= 4 is 34.6 Å². The molecule has 5 heteroatoms. The smallest absolute Gasteiger partial charge is 0.226 e. The van der Waals surface area contributed by atoms with Crippen molar-refractivity contribution < 1.29 is 4.79 Å². The van der Waals surface area contributed by atoms with E-state index in [9.17, 15) is 4.79 Å². The summed E-state index contributed by atoms with van der Waals surface area (Å²) in [5.41, 5.74) is 2.09. The SMILES string of the molecule is CCN(CC)c1ccc(NC(=S)NC(=O)CCC2CCCCC2)cc1. The van der Waals surface area contributed by atoms with Gasteiger partial charge >= 0.3 is 0 Å². The van der Waals surface area contributed by atoms with E-state index in [4.69, 9.17) is 12.2 Å². The monoisotopic (exact) mass is 361 g/mol. The van der Waals surface area contributed by atoms with Crippen molar-refractivity contribution in [2.45, 2.75) is 58.8 Å². The predicted octanol–water partition coefficient (Wildman–Crippen LogP) is 4.71. The van der Waals surface area contributed by atoms with Crippen LogP contribution in [0.1, 0.15) is 58.8 Å². The molecule has 138 valence electrons. The number of rotatable bonds is 7. The maximum atomic E-state index is 12.1. The predicted molar refractivity (Wildman–Crippen MR) is 110 cm³/mol. The van der Waals surface area contributed by atoms with Crippen LogP contribution in [0.3, 0.4) is 0 Å². The zero-order valence-corrected chi connectivity index (χ0v) is 16.3. The molecule has 1 aliphatic rings. The Morgan fingerprint density at radius 1 is 1.12 bits per heavy atom. The van der Waals surface area contributed by atoms with E-state index in [2.05, 4.69) is 41.5 Å². The second-order valence-electron chi connectivity index (χ2n) is 6.76. The van der Waals surface area contributed by atoms with Crippen LogP contribution >= 0.6 is 12.2 Å². The zero-order valence-electron chi connectivity index (χ0n) is 15.5. The number of carbonyl (C=O) groups excluding carboxylic acids is 1. The number of carbonyl (C=O) groups is 1. The van der Waals surface area contributed by atoms with Gasteiger partial charge in [-0.15, -0.1) is 0 Å². The maximum Gasteiger partial charge on any atom is 0.226 e. The Bertz CT molecular complexity index is 549. The van der Waals surface area contributed by atoms with Crippen LogP contribution in [-0.4, -0.2) is 24.1 Å². The molecule has 4 nitrogen and oxygen atoms in total. The van der Waals surface area contributed by atoms with E-state index >= 15 is 0 Å². The van der Waals surface area contributed by atoms with Gasteiger partial charge in [-0.05, 0) is 62.7 Å². The first-order valence-corrected chi connectivity index (χ1v) is 9.99. The maximum absolute atomic E-state index is 12.1. The molecule has 1 aromatic rings. The number of hydrogen-bond donors (Lipinski definition) is 2. The Morgan fingerprint density at radius 3 is 2.36 bits per heavy atom. The lowest BCUT2D eigenvalue weighted by Gasteiger charge is -2.21. The molecule has 2 N–H and O–H groups in total. The fraction of sp³-hybridized carbons (Fsp3) is 0.600. The molecule has 0 saturated heterocycles. The Morgan fingerprint density at radius 2 is 1.76 bits per heavy atom. The van der Waals surface area contributed by atoms with Crippen LogP contribution in [0.15, 0.2) is 24.3 Å². The zero-order chi connectivity index (χ0) is 18.1. The van der Waals surface area contributed by atoms with Gasteiger partial charge in [0.1, 0.15) is 0 Å². The van der Waals surface area contributed by atoms with Crippen molar-refractivity contribution in [3.63, 3.8) is 0 Å². The van der Waals surface area contributed by atoms with Gasteiger partial charge in [-0.3, -0.25) is 4.79 Å². The highest BCUT2D eigenvalue weighted by atomic mass is 32.1. The first-order chi connectivity index (χ1) is 12.1. The van der Waals surface area contributed by atoms with Crippen molar-refractivity contribution in [3.05, 3.63) is 24.3 Å². The van der Waals surface area contributed by atoms with E-state index in [1.807, 2.05) is 12.1 Å². The van der Waals surface area contributed by atoms with Gasteiger partial charge in [0.05, 0.1) is 0 Å². The number of thiocarbonyl (C=S) groups is 1. The summed E-state index contributed by atoms with van der Waals surface area (Å²) in [6.07, 6.45) is 8.07. The standard InChI is InChI=1S/C20H31N3OS/c1-3-23(4-2)18-13-11-17(12-14-18)21-20(25)22-19(24)15-10-16-8-6-5-7-9-16/h11-14,16H,3-10,15H2,1-2H3,(H2,21,22,24,25). The minimum Gasteiger partial charge on any atom is -0.372 e. The molecule has 1 saturated carbocycles. The summed E-state index contributed by atoms with van der Waals surface area (Å²) in [6.45, 7) is 6.26. The van der Waals surface area contributed by atoms with Crippen LogP contribution in [-0.2, 0) is 4.79 Å². The molecule has 0 aromatic heterocycles. The van der Waals surface area contributed by atoms with Gasteiger partial charge < -0.3 is 15.5 Å². The summed E-state index contributed by atoms with van der Waals surface area (Å²) < 4.78 is 0. The minimum atomic E-state index is 0.0165. The number of amides is 1. The van der Waals surface area contributed by atoms with E-state index in [0.717, 1.165) is 25.2 Å². The van der Waals surface area contributed by atoms with E-state index in [1.165, 1.54) is 37.8 Å². The Hall–Kier alpha value is -1.62. The third-order valence-corrected chi connectivity index (χ3v) is 5.22. The van der Waals surface area contributed by atoms with Crippen molar-refractivity contribution in [2.75, 3.05) is 23.3 Å². The molecule has 2 rings (SSSR count). The van der Waals surface area contributed by atoms with Crippen LogP contribution in [0.5, 0.6) is 0 Å². The highest BCUT2D eigenvalue weighted by Crippen LogP contribution is 2.27. The highest BCUT2D eigenvalue weighted by molar-refractivity contribution is 7.80. The second kappa shape index (κ2) is 10.4. The summed E-state index contributed by atoms with van der Waals surface area (Å²) in [5.74, 6) is 0.733. The van der Waals surface area contributed by atoms with E-state index in [0.29, 0.717) is 17.5 Å². The second-order valence-corrected chi connectivity index (χ2v) is 7.17. The molecule has 0 aliphatic heterocycles.